The van der Waals surface area contributed by atoms with Crippen molar-refractivity contribution in [3.63, 3.8) is 0 Å². The molecule has 0 spiro atoms. The number of hydrogen-bond donors (Lipinski definition) is 1. The van der Waals surface area contributed by atoms with Crippen LogP contribution in [0, 0.1) is 0 Å². The predicted molar refractivity (Wildman–Crippen MR) is 166 cm³/mol. The van der Waals surface area contributed by atoms with Crippen molar-refractivity contribution in [1.82, 2.24) is 10.2 Å². The third-order valence-corrected chi connectivity index (χ3v) is 5.88. The number of carbonyl (C=O) groups excluding carboxylic acids is 2. The smallest absolute Gasteiger partial charge is 0.220 e. The molecule has 214 valence electrons. The molecule has 0 heterocycles. The lowest BCUT2D eigenvalue weighted by Crippen LogP contribution is -2.41. The van der Waals surface area contributed by atoms with E-state index in [1.807, 2.05) is 14.1 Å². The van der Waals surface area contributed by atoms with Crippen molar-refractivity contribution in [2.45, 2.75) is 110 Å². The van der Waals surface area contributed by atoms with Crippen molar-refractivity contribution < 1.29 is 9.59 Å². The molecule has 0 aromatic heterocycles. The Kier molecular flexibility index (Phi) is 25.8. The number of amides is 1. The monoisotopic (exact) mass is 524 g/mol. The van der Waals surface area contributed by atoms with Gasteiger partial charge in [-0.25, -0.2) is 0 Å². The molecule has 1 N–H and O–H groups in total. The summed E-state index contributed by atoms with van der Waals surface area (Å²) in [7, 11) is 4.01. The van der Waals surface area contributed by atoms with Crippen LogP contribution in [0.15, 0.2) is 72.9 Å². The van der Waals surface area contributed by atoms with Crippen LogP contribution in [-0.4, -0.2) is 43.3 Å². The highest BCUT2D eigenvalue weighted by atomic mass is 16.1. The molecule has 38 heavy (non-hydrogen) atoms. The number of allylic oxidation sites excluding steroid dienone is 12. The summed E-state index contributed by atoms with van der Waals surface area (Å²) in [6, 6.07) is 0.0164. The van der Waals surface area contributed by atoms with Gasteiger partial charge >= 0.3 is 0 Å². The molecule has 0 bridgehead atoms. The zero-order valence-electron chi connectivity index (χ0n) is 24.9. The van der Waals surface area contributed by atoms with Crippen LogP contribution in [0.5, 0.6) is 0 Å². The van der Waals surface area contributed by atoms with Gasteiger partial charge in [0.15, 0.2) is 0 Å². The zero-order chi connectivity index (χ0) is 28.1. The minimum atomic E-state index is 0.0164. The van der Waals surface area contributed by atoms with E-state index in [1.54, 1.807) is 0 Å². The fourth-order valence-corrected chi connectivity index (χ4v) is 3.86. The van der Waals surface area contributed by atoms with Crippen molar-refractivity contribution >= 4 is 11.7 Å². The number of hydrogen-bond acceptors (Lipinski definition) is 3. The summed E-state index contributed by atoms with van der Waals surface area (Å²) < 4.78 is 0. The Bertz CT molecular complexity index is 756. The molecule has 4 heteroatoms. The van der Waals surface area contributed by atoms with Crippen molar-refractivity contribution in [2.75, 3.05) is 20.6 Å². The van der Waals surface area contributed by atoms with Gasteiger partial charge < -0.3 is 10.2 Å². The number of Topliss-reactive ketones (excluding diaryl/α,β-unsaturated/α-hetero) is 1. The average molecular weight is 525 g/mol. The van der Waals surface area contributed by atoms with E-state index in [-0.39, 0.29) is 11.9 Å². The van der Waals surface area contributed by atoms with E-state index < -0.39 is 0 Å². The lowest BCUT2D eigenvalue weighted by molar-refractivity contribution is -0.123. The van der Waals surface area contributed by atoms with E-state index in [0.717, 1.165) is 70.8 Å². The van der Waals surface area contributed by atoms with Crippen LogP contribution in [0.4, 0.5) is 0 Å². The van der Waals surface area contributed by atoms with Gasteiger partial charge in [0.05, 0.1) is 0 Å². The predicted octanol–water partition coefficient (Wildman–Crippen LogP) is 8.44. The van der Waals surface area contributed by atoms with E-state index in [0.29, 0.717) is 31.5 Å². The molecule has 0 aliphatic heterocycles. The quantitative estimate of drug-likeness (QED) is 0.102. The van der Waals surface area contributed by atoms with Gasteiger partial charge in [0.2, 0.25) is 5.91 Å². The molecule has 0 rings (SSSR count). The SMILES string of the molecule is CC/C=C/C/C=C/C/C=C/CCCC(=O)CCC(CN(C)C)NC(=O)CCC/C=C/C/C=C/C/C=C/CC. The highest BCUT2D eigenvalue weighted by Gasteiger charge is 2.15. The number of likely N-dealkylation sites (N-methyl/N-ethyl adjacent to an activating group) is 1. The molecule has 4 nitrogen and oxygen atoms in total. The molecule has 1 atom stereocenters. The van der Waals surface area contributed by atoms with Crippen LogP contribution in [-0.2, 0) is 9.59 Å². The van der Waals surface area contributed by atoms with E-state index in [4.69, 9.17) is 0 Å². The fourth-order valence-electron chi connectivity index (χ4n) is 3.86. The first kappa shape index (κ1) is 35.5. The second-order valence-corrected chi connectivity index (χ2v) is 9.98. The van der Waals surface area contributed by atoms with Crippen molar-refractivity contribution in [3.05, 3.63) is 72.9 Å². The molecule has 1 unspecified atom stereocenters. The minimum absolute atomic E-state index is 0.0164. The van der Waals surface area contributed by atoms with Crippen LogP contribution in [0.1, 0.15) is 104 Å². The lowest BCUT2D eigenvalue weighted by atomic mass is 10.0. The normalized spacial score (nSPS) is 13.5. The maximum Gasteiger partial charge on any atom is 0.220 e. The summed E-state index contributed by atoms with van der Waals surface area (Å²) in [6.45, 7) is 5.04. The Hall–Kier alpha value is -2.46. The second kappa shape index (κ2) is 27.6. The first-order valence-electron chi connectivity index (χ1n) is 14.8. The standard InChI is InChI=1S/C34H56N2O2/c1-5-7-9-11-13-15-17-19-21-23-25-27-33(37)30-29-32(31-36(3)4)35-34(38)28-26-24-22-20-18-16-14-12-10-8-6-2/h7-10,13-16,19-22,32H,5-6,11-12,17-18,23-31H2,1-4H3,(H,35,38)/b9-7+,10-8+,15-13+,16-14+,21-19+,22-20+. The molecule has 0 radical (unpaired) electrons. The second-order valence-electron chi connectivity index (χ2n) is 9.98. The van der Waals surface area contributed by atoms with E-state index in [9.17, 15) is 9.59 Å². The molecule has 0 fully saturated rings. The van der Waals surface area contributed by atoms with Gasteiger partial charge in [0, 0.05) is 31.8 Å². The van der Waals surface area contributed by atoms with E-state index in [1.165, 1.54) is 0 Å². The molecule has 0 aliphatic rings. The van der Waals surface area contributed by atoms with Crippen molar-refractivity contribution in [3.8, 4) is 0 Å². The van der Waals surface area contributed by atoms with Gasteiger partial charge in [-0.3, -0.25) is 9.59 Å². The van der Waals surface area contributed by atoms with Crippen LogP contribution in [0.25, 0.3) is 0 Å². The number of nitrogens with one attached hydrogen (secondary N) is 1. The number of rotatable bonds is 24. The number of ketones is 1. The Balaban J connectivity index is 4.08. The molecule has 0 aromatic rings. The van der Waals surface area contributed by atoms with Crippen LogP contribution in [0.3, 0.4) is 0 Å². The summed E-state index contributed by atoms with van der Waals surface area (Å²) in [5.74, 6) is 0.375. The average Bonchev–Trinajstić information content (AvgIpc) is 2.88. The van der Waals surface area contributed by atoms with Gasteiger partial charge in [-0.15, -0.1) is 0 Å². The maximum atomic E-state index is 12.5. The van der Waals surface area contributed by atoms with Crippen molar-refractivity contribution in [2.24, 2.45) is 0 Å². The Morgan fingerprint density at radius 1 is 0.632 bits per heavy atom. The maximum absolute atomic E-state index is 12.5. The van der Waals surface area contributed by atoms with Gasteiger partial charge in [0.25, 0.3) is 0 Å². The van der Waals surface area contributed by atoms with Gasteiger partial charge in [0.1, 0.15) is 5.78 Å². The highest BCUT2D eigenvalue weighted by molar-refractivity contribution is 5.79. The Morgan fingerprint density at radius 3 is 1.55 bits per heavy atom. The number of unbranched alkanes of at least 4 members (excludes halogenated alkanes) is 2. The summed E-state index contributed by atoms with van der Waals surface area (Å²) in [6.07, 6.45) is 38.2. The molecule has 0 aliphatic carbocycles. The summed E-state index contributed by atoms with van der Waals surface area (Å²) in [4.78, 5) is 26.9. The first-order chi connectivity index (χ1) is 18.5. The van der Waals surface area contributed by atoms with Gasteiger partial charge in [-0.05, 0) is 84.7 Å². The van der Waals surface area contributed by atoms with E-state index in [2.05, 4.69) is 97.0 Å². The summed E-state index contributed by atoms with van der Waals surface area (Å²) in [5, 5.41) is 3.15. The Morgan fingerprint density at radius 2 is 1.08 bits per heavy atom. The largest absolute Gasteiger partial charge is 0.352 e. The summed E-state index contributed by atoms with van der Waals surface area (Å²) in [5.41, 5.74) is 0. The molecule has 0 aromatic carbocycles. The third-order valence-electron chi connectivity index (χ3n) is 5.88. The molecular formula is C34H56N2O2. The van der Waals surface area contributed by atoms with Crippen LogP contribution >= 0.6 is 0 Å². The molecule has 0 saturated carbocycles. The topological polar surface area (TPSA) is 49.4 Å². The van der Waals surface area contributed by atoms with Gasteiger partial charge in [-0.2, -0.15) is 0 Å². The summed E-state index contributed by atoms with van der Waals surface area (Å²) >= 11 is 0. The first-order valence-corrected chi connectivity index (χ1v) is 14.8. The van der Waals surface area contributed by atoms with Crippen LogP contribution < -0.4 is 5.32 Å². The lowest BCUT2D eigenvalue weighted by Gasteiger charge is -2.22. The number of carbonyl (C=O) groups is 2. The third kappa shape index (κ3) is 26.6. The molecular weight excluding hydrogens is 468 g/mol. The fraction of sp³-hybridized carbons (Fsp3) is 0.588. The zero-order valence-corrected chi connectivity index (χ0v) is 24.9. The molecule has 1 amide bonds. The Labute approximate surface area is 234 Å². The van der Waals surface area contributed by atoms with Gasteiger partial charge in [-0.1, -0.05) is 86.8 Å². The van der Waals surface area contributed by atoms with Crippen LogP contribution in [0.2, 0.25) is 0 Å². The molecule has 0 saturated heterocycles. The van der Waals surface area contributed by atoms with Crippen molar-refractivity contribution in [1.29, 1.82) is 0 Å². The minimum Gasteiger partial charge on any atom is -0.352 e. The number of nitrogens with zero attached hydrogens (tertiary/aromatic N) is 1. The highest BCUT2D eigenvalue weighted by Crippen LogP contribution is 2.07. The van der Waals surface area contributed by atoms with E-state index >= 15 is 0 Å².